The molecule has 1 atom stereocenters. The fraction of sp³-hybridized carbons (Fsp3) is 0.0769. The lowest BCUT2D eigenvalue weighted by Gasteiger charge is -2.18. The molecule has 0 bridgehead atoms. The van der Waals surface area contributed by atoms with Gasteiger partial charge in [-0.25, -0.2) is 4.39 Å². The number of hydrogen-bond donors (Lipinski definition) is 3. The third-order valence-corrected chi connectivity index (χ3v) is 5.65. The number of nitrogens with zero attached hydrogens (tertiary/aromatic N) is 4. The van der Waals surface area contributed by atoms with Gasteiger partial charge >= 0.3 is 0 Å². The van der Waals surface area contributed by atoms with E-state index < -0.39 is 29.6 Å². The Kier molecular flexibility index (Phi) is 8.19. The molecule has 38 heavy (non-hydrogen) atoms. The first-order valence-electron chi connectivity index (χ1n) is 11.3. The number of rotatable bonds is 9. The minimum Gasteiger partial charge on any atom is -0.366 e. The SMILES string of the molecule is NC(=O)c1ccc(NC(=O)[C@H](Cc2ccccc2)NC(=O)C=Cc2cc(Cl)ccc2-n2cnnn2)cc1F. The molecule has 0 aliphatic rings. The summed E-state index contributed by atoms with van der Waals surface area (Å²) in [5.41, 5.74) is 6.88. The summed E-state index contributed by atoms with van der Waals surface area (Å²) in [6.45, 7) is 0. The van der Waals surface area contributed by atoms with E-state index in [-0.39, 0.29) is 17.7 Å². The van der Waals surface area contributed by atoms with Crippen molar-refractivity contribution < 1.29 is 18.8 Å². The van der Waals surface area contributed by atoms with Gasteiger partial charge in [0.15, 0.2) is 0 Å². The van der Waals surface area contributed by atoms with Gasteiger partial charge in [0, 0.05) is 28.8 Å². The van der Waals surface area contributed by atoms with Gasteiger partial charge in [-0.3, -0.25) is 14.4 Å². The van der Waals surface area contributed by atoms with E-state index in [1.54, 1.807) is 18.2 Å². The second kappa shape index (κ2) is 11.9. The van der Waals surface area contributed by atoms with Crippen molar-refractivity contribution in [3.63, 3.8) is 0 Å². The van der Waals surface area contributed by atoms with Gasteiger partial charge in [-0.2, -0.15) is 4.68 Å². The zero-order valence-electron chi connectivity index (χ0n) is 19.7. The Morgan fingerprint density at radius 2 is 1.87 bits per heavy atom. The number of nitrogens with one attached hydrogen (secondary N) is 2. The second-order valence-electron chi connectivity index (χ2n) is 8.09. The van der Waals surface area contributed by atoms with E-state index in [0.29, 0.717) is 16.3 Å². The van der Waals surface area contributed by atoms with Gasteiger partial charge in [-0.1, -0.05) is 41.9 Å². The van der Waals surface area contributed by atoms with Gasteiger partial charge < -0.3 is 16.4 Å². The highest BCUT2D eigenvalue weighted by atomic mass is 35.5. The quantitative estimate of drug-likeness (QED) is 0.282. The third-order valence-electron chi connectivity index (χ3n) is 5.42. The van der Waals surface area contributed by atoms with Crippen molar-refractivity contribution in [3.05, 3.63) is 107 Å². The smallest absolute Gasteiger partial charge is 0.251 e. The summed E-state index contributed by atoms with van der Waals surface area (Å²) in [6, 6.07) is 16.6. The van der Waals surface area contributed by atoms with Crippen LogP contribution in [0.1, 0.15) is 21.5 Å². The summed E-state index contributed by atoms with van der Waals surface area (Å²) in [4.78, 5) is 37.2. The summed E-state index contributed by atoms with van der Waals surface area (Å²) in [5.74, 6) is -2.94. The average Bonchev–Trinajstić information content (AvgIpc) is 3.42. The zero-order valence-corrected chi connectivity index (χ0v) is 20.5. The molecule has 0 spiro atoms. The van der Waals surface area contributed by atoms with Crippen LogP contribution in [0.2, 0.25) is 5.02 Å². The largest absolute Gasteiger partial charge is 0.366 e. The number of aromatic nitrogens is 4. The molecule has 0 radical (unpaired) electrons. The van der Waals surface area contributed by atoms with E-state index in [2.05, 4.69) is 26.2 Å². The van der Waals surface area contributed by atoms with Crippen LogP contribution in [0.25, 0.3) is 11.8 Å². The highest BCUT2D eigenvalue weighted by Crippen LogP contribution is 2.20. The average molecular weight is 534 g/mol. The van der Waals surface area contributed by atoms with Gasteiger partial charge in [0.2, 0.25) is 11.8 Å². The van der Waals surface area contributed by atoms with E-state index >= 15 is 0 Å². The second-order valence-corrected chi connectivity index (χ2v) is 8.53. The molecule has 0 aliphatic carbocycles. The van der Waals surface area contributed by atoms with Crippen molar-refractivity contribution >= 4 is 41.1 Å². The molecule has 3 aromatic carbocycles. The number of hydrogen-bond acceptors (Lipinski definition) is 6. The van der Waals surface area contributed by atoms with Gasteiger partial charge in [0.25, 0.3) is 5.91 Å². The van der Waals surface area contributed by atoms with Crippen LogP contribution in [0.4, 0.5) is 10.1 Å². The molecular formula is C26H21ClFN7O3. The Labute approximate surface area is 221 Å². The van der Waals surface area contributed by atoms with Crippen molar-refractivity contribution in [1.82, 2.24) is 25.5 Å². The number of anilines is 1. The fourth-order valence-corrected chi connectivity index (χ4v) is 3.79. The highest BCUT2D eigenvalue weighted by Gasteiger charge is 2.21. The van der Waals surface area contributed by atoms with Crippen molar-refractivity contribution in [2.45, 2.75) is 12.5 Å². The maximum Gasteiger partial charge on any atom is 0.251 e. The first-order valence-corrected chi connectivity index (χ1v) is 11.6. The van der Waals surface area contributed by atoms with Crippen LogP contribution in [0.3, 0.4) is 0 Å². The molecule has 4 rings (SSSR count). The normalized spacial score (nSPS) is 11.7. The number of carbonyl (C=O) groups excluding carboxylic acids is 3. The van der Waals surface area contributed by atoms with Crippen molar-refractivity contribution in [2.75, 3.05) is 5.32 Å². The molecule has 4 aromatic rings. The van der Waals surface area contributed by atoms with E-state index in [4.69, 9.17) is 17.3 Å². The fourth-order valence-electron chi connectivity index (χ4n) is 3.61. The lowest BCUT2D eigenvalue weighted by atomic mass is 10.0. The number of nitrogens with two attached hydrogens (primary N) is 1. The number of amides is 3. The standard InChI is InChI=1S/C26H21ClFN7O3/c27-18-7-10-23(35-15-30-33-34-35)17(13-18)6-11-24(36)32-22(12-16-4-2-1-3-5-16)26(38)31-19-8-9-20(25(29)37)21(28)14-19/h1-11,13-15,22H,12H2,(H2,29,37)(H,31,38)(H,32,36)/t22-/m0/s1. The first-order chi connectivity index (χ1) is 18.3. The number of tetrazole rings is 1. The molecule has 1 heterocycles. The van der Waals surface area contributed by atoms with E-state index in [0.717, 1.165) is 11.6 Å². The number of benzene rings is 3. The zero-order chi connectivity index (χ0) is 27.1. The Balaban J connectivity index is 1.53. The Bertz CT molecular complexity index is 1490. The summed E-state index contributed by atoms with van der Waals surface area (Å²) in [7, 11) is 0. The van der Waals surface area contributed by atoms with E-state index in [9.17, 15) is 18.8 Å². The summed E-state index contributed by atoms with van der Waals surface area (Å²) in [6.07, 6.45) is 4.35. The van der Waals surface area contributed by atoms with Crippen LogP contribution in [0.5, 0.6) is 0 Å². The van der Waals surface area contributed by atoms with Crippen LogP contribution in [0, 0.1) is 5.82 Å². The monoisotopic (exact) mass is 533 g/mol. The van der Waals surface area contributed by atoms with Crippen LogP contribution in [-0.4, -0.2) is 44.0 Å². The molecule has 12 heteroatoms. The minimum atomic E-state index is -1.01. The molecule has 192 valence electrons. The first kappa shape index (κ1) is 26.2. The van der Waals surface area contributed by atoms with E-state index in [1.807, 2.05) is 30.3 Å². The molecule has 0 saturated carbocycles. The Hall–Kier alpha value is -4.90. The Morgan fingerprint density at radius 1 is 1.08 bits per heavy atom. The molecule has 3 amide bonds. The molecule has 1 aromatic heterocycles. The van der Waals surface area contributed by atoms with Gasteiger partial charge in [0.05, 0.1) is 11.3 Å². The molecule has 10 nitrogen and oxygen atoms in total. The van der Waals surface area contributed by atoms with E-state index in [1.165, 1.54) is 35.3 Å². The lowest BCUT2D eigenvalue weighted by Crippen LogP contribution is -2.44. The van der Waals surface area contributed by atoms with Crippen LogP contribution in [0.15, 0.2) is 79.1 Å². The van der Waals surface area contributed by atoms with Gasteiger partial charge in [-0.05, 0) is 58.5 Å². The number of halogens is 2. The topological polar surface area (TPSA) is 145 Å². The predicted molar refractivity (Wildman–Crippen MR) is 139 cm³/mol. The van der Waals surface area contributed by atoms with Gasteiger partial charge in [-0.15, -0.1) is 5.10 Å². The maximum atomic E-state index is 14.2. The van der Waals surface area contributed by atoms with Crippen LogP contribution < -0.4 is 16.4 Å². The summed E-state index contributed by atoms with van der Waals surface area (Å²) >= 11 is 6.12. The van der Waals surface area contributed by atoms with Gasteiger partial charge in [0.1, 0.15) is 18.2 Å². The molecule has 0 aliphatic heterocycles. The molecular weight excluding hydrogens is 513 g/mol. The summed E-state index contributed by atoms with van der Waals surface area (Å²) in [5, 5.41) is 16.8. The lowest BCUT2D eigenvalue weighted by molar-refractivity contribution is -0.123. The number of primary amides is 1. The molecule has 0 fully saturated rings. The van der Waals surface area contributed by atoms with Crippen molar-refractivity contribution in [1.29, 1.82) is 0 Å². The Morgan fingerprint density at radius 3 is 2.55 bits per heavy atom. The molecule has 0 saturated heterocycles. The third kappa shape index (κ3) is 6.65. The van der Waals surface area contributed by atoms with Crippen molar-refractivity contribution in [3.8, 4) is 5.69 Å². The minimum absolute atomic E-state index is 0.102. The summed E-state index contributed by atoms with van der Waals surface area (Å²) < 4.78 is 15.6. The maximum absolute atomic E-state index is 14.2. The molecule has 0 unspecified atom stereocenters. The van der Waals surface area contributed by atoms with Crippen molar-refractivity contribution in [2.24, 2.45) is 5.73 Å². The highest BCUT2D eigenvalue weighted by molar-refractivity contribution is 6.30. The van der Waals surface area contributed by atoms with Crippen LogP contribution in [-0.2, 0) is 16.0 Å². The number of carbonyl (C=O) groups is 3. The molecule has 4 N–H and O–H groups in total. The van der Waals surface area contributed by atoms with Crippen LogP contribution >= 0.6 is 11.6 Å². The predicted octanol–water partition coefficient (Wildman–Crippen LogP) is 2.93.